The summed E-state index contributed by atoms with van der Waals surface area (Å²) in [5.74, 6) is -6.60. The Morgan fingerprint density at radius 2 is 1.61 bits per heavy atom. The van der Waals surface area contributed by atoms with Crippen LogP contribution >= 0.6 is 23.2 Å². The standard InChI is InChI=1S/C45H63Cl2F4N7O8/c1-7-31-40(62)55(5)17-9-8-10-33(37(59)53-32(18-24(2)3)41(63)56(6)34(38(60)52-31)20-27-19-28(46)15-16-30(27)47)57(22-25-11-12-25)42(64)36(26-13-14-26)54-39(61)35-21-29(48)23-58(35)43(65)44(4,66)45(49,50)51/h15-16,19,24-26,29,31-36,66H,7-14,17-18,20-23H2,1-6H3,(H,52,60)(H,53,59)(H,54,61)/t29-,31-,32+,33+,34+,35+,36+,44-/m1/s1. The van der Waals surface area contributed by atoms with Crippen molar-refractivity contribution in [2.75, 3.05) is 33.7 Å². The smallest absolute Gasteiger partial charge is 0.373 e. The number of alkyl halides is 4. The van der Waals surface area contributed by atoms with Crippen molar-refractivity contribution in [3.8, 4) is 0 Å². The van der Waals surface area contributed by atoms with Crippen LogP contribution in [0.4, 0.5) is 17.6 Å². The number of likely N-dealkylation sites (tertiary alicyclic amines) is 1. The first-order valence-electron chi connectivity index (χ1n) is 22.8. The number of nitrogens with one attached hydrogen (secondary N) is 3. The normalized spacial score (nSPS) is 26.7. The fourth-order valence-electron chi connectivity index (χ4n) is 8.62. The van der Waals surface area contributed by atoms with Crippen molar-refractivity contribution in [3.63, 3.8) is 0 Å². The van der Waals surface area contributed by atoms with Gasteiger partial charge in [-0.15, -0.1) is 0 Å². The summed E-state index contributed by atoms with van der Waals surface area (Å²) in [6.07, 6.45) is -4.56. The number of carbonyl (C=O) groups excluding carboxylic acids is 7. The number of aliphatic hydroxyl groups is 1. The van der Waals surface area contributed by atoms with Gasteiger partial charge >= 0.3 is 6.18 Å². The van der Waals surface area contributed by atoms with E-state index in [2.05, 4.69) is 16.0 Å². The summed E-state index contributed by atoms with van der Waals surface area (Å²) in [7, 11) is 3.00. The predicted molar refractivity (Wildman–Crippen MR) is 236 cm³/mol. The van der Waals surface area contributed by atoms with E-state index in [1.165, 1.54) is 21.7 Å². The molecule has 4 aliphatic rings. The molecule has 2 heterocycles. The van der Waals surface area contributed by atoms with E-state index in [1.807, 2.05) is 13.8 Å². The van der Waals surface area contributed by atoms with Crippen LogP contribution in [-0.4, -0.2) is 154 Å². The molecule has 2 saturated heterocycles. The lowest BCUT2D eigenvalue weighted by Gasteiger charge is -2.37. The lowest BCUT2D eigenvalue weighted by atomic mass is 9.98. The van der Waals surface area contributed by atoms with Crippen molar-refractivity contribution in [1.82, 2.24) is 35.6 Å². The second-order valence-electron chi connectivity index (χ2n) is 19.0. The van der Waals surface area contributed by atoms with Gasteiger partial charge in [-0.2, -0.15) is 13.2 Å². The second-order valence-corrected chi connectivity index (χ2v) is 19.8. The molecule has 7 amide bonds. The number of carbonyl (C=O) groups is 7. The quantitative estimate of drug-likeness (QED) is 0.212. The van der Waals surface area contributed by atoms with E-state index in [9.17, 15) is 56.2 Å². The number of halogens is 6. The summed E-state index contributed by atoms with van der Waals surface area (Å²) in [6, 6.07) is -2.97. The number of rotatable bonds is 13. The highest BCUT2D eigenvalue weighted by atomic mass is 35.5. The highest BCUT2D eigenvalue weighted by Gasteiger charge is 2.60. The molecule has 5 rings (SSSR count). The van der Waals surface area contributed by atoms with Gasteiger partial charge in [-0.1, -0.05) is 44.0 Å². The Hall–Kier alpha value is -4.23. The molecule has 66 heavy (non-hydrogen) atoms. The molecule has 0 unspecified atom stereocenters. The minimum absolute atomic E-state index is 0.0101. The van der Waals surface area contributed by atoms with Crippen LogP contribution in [0.3, 0.4) is 0 Å². The molecule has 4 N–H and O–H groups in total. The van der Waals surface area contributed by atoms with Crippen LogP contribution in [0, 0.1) is 17.8 Å². The van der Waals surface area contributed by atoms with Crippen LogP contribution in [0.1, 0.15) is 97.5 Å². The van der Waals surface area contributed by atoms with Gasteiger partial charge in [0.15, 0.2) is 0 Å². The van der Waals surface area contributed by atoms with Crippen LogP contribution in [0.5, 0.6) is 0 Å². The van der Waals surface area contributed by atoms with E-state index >= 15 is 0 Å². The molecule has 21 heteroatoms. The average molecular weight is 977 g/mol. The molecule has 2 saturated carbocycles. The Morgan fingerprint density at radius 3 is 2.20 bits per heavy atom. The molecule has 0 aromatic heterocycles. The van der Waals surface area contributed by atoms with Crippen LogP contribution in [0.15, 0.2) is 18.2 Å². The number of benzene rings is 1. The van der Waals surface area contributed by atoms with Crippen molar-refractivity contribution < 1.29 is 56.2 Å². The third-order valence-corrected chi connectivity index (χ3v) is 13.6. The Morgan fingerprint density at radius 1 is 0.955 bits per heavy atom. The van der Waals surface area contributed by atoms with Gasteiger partial charge in [0.2, 0.25) is 41.0 Å². The molecular formula is C45H63Cl2F4N7O8. The summed E-state index contributed by atoms with van der Waals surface area (Å²) in [5.41, 5.74) is -3.46. The summed E-state index contributed by atoms with van der Waals surface area (Å²) in [4.78, 5) is 104. The molecule has 0 spiro atoms. The highest BCUT2D eigenvalue weighted by molar-refractivity contribution is 6.33. The minimum atomic E-state index is -5.43. The zero-order chi connectivity index (χ0) is 49.0. The van der Waals surface area contributed by atoms with Crippen molar-refractivity contribution in [2.45, 2.75) is 153 Å². The number of nitrogens with zero attached hydrogens (tertiary/aromatic N) is 4. The Labute approximate surface area is 393 Å². The molecule has 8 atom stereocenters. The first kappa shape index (κ1) is 52.7. The number of likely N-dealkylation sites (N-methyl/N-ethyl adjacent to an activating group) is 2. The maximum Gasteiger partial charge on any atom is 0.426 e. The van der Waals surface area contributed by atoms with Crippen LogP contribution in [-0.2, 0) is 40.0 Å². The highest BCUT2D eigenvalue weighted by Crippen LogP contribution is 2.38. The summed E-state index contributed by atoms with van der Waals surface area (Å²) in [6.45, 7) is 5.09. The van der Waals surface area contributed by atoms with E-state index in [-0.39, 0.29) is 68.5 Å². The van der Waals surface area contributed by atoms with E-state index in [4.69, 9.17) is 23.2 Å². The first-order chi connectivity index (χ1) is 30.9. The molecule has 0 bridgehead atoms. The van der Waals surface area contributed by atoms with Crippen molar-refractivity contribution in [1.29, 1.82) is 0 Å². The monoisotopic (exact) mass is 975 g/mol. The summed E-state index contributed by atoms with van der Waals surface area (Å²) in [5, 5.41) is 19.1. The van der Waals surface area contributed by atoms with E-state index in [1.54, 1.807) is 32.2 Å². The third kappa shape index (κ3) is 12.8. The zero-order valence-corrected chi connectivity index (χ0v) is 39.8. The second kappa shape index (κ2) is 21.8. The fourth-order valence-corrected chi connectivity index (χ4v) is 9.01. The maximum absolute atomic E-state index is 15.0. The van der Waals surface area contributed by atoms with Gasteiger partial charge in [-0.05, 0) is 106 Å². The molecular weight excluding hydrogens is 913 g/mol. The van der Waals surface area contributed by atoms with Gasteiger partial charge in [0, 0.05) is 50.1 Å². The molecule has 0 radical (unpaired) electrons. The summed E-state index contributed by atoms with van der Waals surface area (Å²) < 4.78 is 56.0. The van der Waals surface area contributed by atoms with Crippen LogP contribution in [0.25, 0.3) is 0 Å². The number of amides is 7. The molecule has 1 aromatic rings. The van der Waals surface area contributed by atoms with Crippen LogP contribution < -0.4 is 16.0 Å². The maximum atomic E-state index is 15.0. The van der Waals surface area contributed by atoms with Crippen LogP contribution in [0.2, 0.25) is 10.0 Å². The zero-order valence-electron chi connectivity index (χ0n) is 38.3. The molecule has 368 valence electrons. The molecule has 4 fully saturated rings. The molecule has 2 aliphatic heterocycles. The molecule has 2 aliphatic carbocycles. The third-order valence-electron chi connectivity index (χ3n) is 13.0. The van der Waals surface area contributed by atoms with Gasteiger partial charge in [0.05, 0.1) is 6.54 Å². The lowest BCUT2D eigenvalue weighted by Crippen LogP contribution is -2.62. The van der Waals surface area contributed by atoms with Gasteiger partial charge < -0.3 is 40.7 Å². The Bertz CT molecular complexity index is 1990. The van der Waals surface area contributed by atoms with Gasteiger partial charge in [0.1, 0.15) is 42.4 Å². The largest absolute Gasteiger partial charge is 0.426 e. The fraction of sp³-hybridized carbons (Fsp3) is 0.711. The van der Waals surface area contributed by atoms with Gasteiger partial charge in [-0.3, -0.25) is 33.6 Å². The molecule has 15 nitrogen and oxygen atoms in total. The van der Waals surface area contributed by atoms with E-state index in [0.717, 1.165) is 12.8 Å². The van der Waals surface area contributed by atoms with E-state index < -0.39 is 109 Å². The lowest BCUT2D eigenvalue weighted by molar-refractivity contribution is -0.250. The minimum Gasteiger partial charge on any atom is -0.373 e. The number of hydrogen-bond acceptors (Lipinski definition) is 8. The summed E-state index contributed by atoms with van der Waals surface area (Å²) >= 11 is 12.9. The van der Waals surface area contributed by atoms with Gasteiger partial charge in [0.25, 0.3) is 5.91 Å². The van der Waals surface area contributed by atoms with Crippen molar-refractivity contribution in [3.05, 3.63) is 33.8 Å². The first-order valence-corrected chi connectivity index (χ1v) is 23.5. The van der Waals surface area contributed by atoms with Crippen molar-refractivity contribution >= 4 is 64.6 Å². The topological polar surface area (TPSA) is 189 Å². The Kier molecular flexibility index (Phi) is 17.4. The molecule has 1 aromatic carbocycles. The average Bonchev–Trinajstić information content (AvgIpc) is 4.20. The predicted octanol–water partition coefficient (Wildman–Crippen LogP) is 4.19. The SMILES string of the molecule is CC[C@H]1NC(=O)[C@H](Cc2cc(Cl)ccc2Cl)N(C)C(=O)[C@H](CC(C)C)NC(=O)[C@@H](N(CC2CC2)C(=O)[C@@H](NC(=O)[C@@H]2C[C@@H](F)CN2C(=O)[C@@](C)(O)C(F)(F)F)C2CC2)CCCCN(C)C1=O. The number of hydrogen-bond donors (Lipinski definition) is 4. The van der Waals surface area contributed by atoms with Crippen molar-refractivity contribution in [2.24, 2.45) is 17.8 Å². The van der Waals surface area contributed by atoms with Gasteiger partial charge in [-0.25, -0.2) is 4.39 Å². The van der Waals surface area contributed by atoms with E-state index in [0.29, 0.717) is 41.2 Å². The Balaban J connectivity index is 1.50.